The molecular formula is C24H23N2O4S-. The van der Waals surface area contributed by atoms with Crippen LogP contribution >= 0.6 is 0 Å². The molecule has 1 aliphatic heterocycles. The normalized spacial score (nSPS) is 15.2. The molecule has 31 heavy (non-hydrogen) atoms. The summed E-state index contributed by atoms with van der Waals surface area (Å²) < 4.78 is 34.7. The molecule has 1 fully saturated rings. The van der Waals surface area contributed by atoms with E-state index in [2.05, 4.69) is 29.2 Å². The molecule has 1 amide bonds. The van der Waals surface area contributed by atoms with Crippen LogP contribution in [0.5, 0.6) is 0 Å². The molecule has 4 rings (SSSR count). The van der Waals surface area contributed by atoms with Crippen molar-refractivity contribution in [1.82, 2.24) is 9.80 Å². The van der Waals surface area contributed by atoms with Gasteiger partial charge in [-0.25, -0.2) is 8.42 Å². The molecule has 0 aliphatic carbocycles. The average Bonchev–Trinajstić information content (AvgIpc) is 2.80. The lowest BCUT2D eigenvalue weighted by Crippen LogP contribution is -2.50. The highest BCUT2D eigenvalue weighted by Crippen LogP contribution is 2.30. The summed E-state index contributed by atoms with van der Waals surface area (Å²) in [5.74, 6) is -0.425. The van der Waals surface area contributed by atoms with Crippen LogP contribution in [0.4, 0.5) is 0 Å². The molecule has 1 saturated heterocycles. The fourth-order valence-electron chi connectivity index (χ4n) is 4.10. The van der Waals surface area contributed by atoms with Gasteiger partial charge < -0.3 is 9.45 Å². The first kappa shape index (κ1) is 21.2. The van der Waals surface area contributed by atoms with Crippen molar-refractivity contribution in [3.05, 3.63) is 102 Å². The number of amides is 1. The van der Waals surface area contributed by atoms with Crippen LogP contribution in [0.15, 0.2) is 89.8 Å². The minimum atomic E-state index is -4.72. The summed E-state index contributed by atoms with van der Waals surface area (Å²) in [6, 6.07) is 26.1. The Morgan fingerprint density at radius 3 is 1.74 bits per heavy atom. The van der Waals surface area contributed by atoms with Crippen LogP contribution in [-0.2, 0) is 10.1 Å². The van der Waals surface area contributed by atoms with Gasteiger partial charge in [-0.1, -0.05) is 72.8 Å². The summed E-state index contributed by atoms with van der Waals surface area (Å²) in [5.41, 5.74) is 2.29. The van der Waals surface area contributed by atoms with E-state index in [1.807, 2.05) is 36.4 Å². The molecule has 7 heteroatoms. The van der Waals surface area contributed by atoms with E-state index in [-0.39, 0.29) is 11.6 Å². The SMILES string of the molecule is O=C(c1ccccc1S(=O)(=O)[O-])N1CCN(C(c2ccccc2)c2ccccc2)CC1. The lowest BCUT2D eigenvalue weighted by atomic mass is 9.96. The third kappa shape index (κ3) is 4.69. The van der Waals surface area contributed by atoms with Crippen LogP contribution in [0.2, 0.25) is 0 Å². The first-order chi connectivity index (χ1) is 14.9. The molecule has 160 valence electrons. The fraction of sp³-hybridized carbons (Fsp3) is 0.208. The van der Waals surface area contributed by atoms with Gasteiger partial charge in [0.15, 0.2) is 0 Å². The molecule has 0 unspecified atom stereocenters. The van der Waals surface area contributed by atoms with Gasteiger partial charge in [0.1, 0.15) is 10.1 Å². The van der Waals surface area contributed by atoms with E-state index in [1.165, 1.54) is 29.3 Å². The Balaban J connectivity index is 1.55. The molecule has 0 saturated carbocycles. The van der Waals surface area contributed by atoms with Crippen molar-refractivity contribution in [2.75, 3.05) is 26.2 Å². The summed E-state index contributed by atoms with van der Waals surface area (Å²) in [6.45, 7) is 2.16. The second-order valence-corrected chi connectivity index (χ2v) is 8.85. The molecule has 0 radical (unpaired) electrons. The van der Waals surface area contributed by atoms with Crippen molar-refractivity contribution in [3.63, 3.8) is 0 Å². The molecule has 3 aromatic rings. The number of piperazine rings is 1. The van der Waals surface area contributed by atoms with Gasteiger partial charge in [0.25, 0.3) is 5.91 Å². The molecule has 0 spiro atoms. The molecule has 3 aromatic carbocycles. The number of hydrogen-bond donors (Lipinski definition) is 0. The van der Waals surface area contributed by atoms with Crippen molar-refractivity contribution >= 4 is 16.0 Å². The van der Waals surface area contributed by atoms with Crippen molar-refractivity contribution in [2.45, 2.75) is 10.9 Å². The van der Waals surface area contributed by atoms with E-state index < -0.39 is 20.9 Å². The van der Waals surface area contributed by atoms with E-state index >= 15 is 0 Å². The fourth-order valence-corrected chi connectivity index (χ4v) is 4.77. The zero-order chi connectivity index (χ0) is 21.8. The number of carbonyl (C=O) groups excluding carboxylic acids is 1. The Morgan fingerprint density at radius 2 is 1.23 bits per heavy atom. The van der Waals surface area contributed by atoms with Gasteiger partial charge in [-0.15, -0.1) is 0 Å². The maximum atomic E-state index is 13.0. The van der Waals surface area contributed by atoms with Gasteiger partial charge in [0.05, 0.1) is 16.5 Å². The second-order valence-electron chi connectivity index (χ2n) is 7.50. The van der Waals surface area contributed by atoms with E-state index in [9.17, 15) is 17.8 Å². The summed E-state index contributed by atoms with van der Waals surface area (Å²) in [5, 5.41) is 0. The Labute approximate surface area is 182 Å². The zero-order valence-electron chi connectivity index (χ0n) is 16.9. The van der Waals surface area contributed by atoms with Crippen LogP contribution < -0.4 is 0 Å². The number of hydrogen-bond acceptors (Lipinski definition) is 5. The van der Waals surface area contributed by atoms with Gasteiger partial charge in [0.2, 0.25) is 0 Å². The molecular weight excluding hydrogens is 412 g/mol. The minimum absolute atomic E-state index is 0.0615. The lowest BCUT2D eigenvalue weighted by Gasteiger charge is -2.40. The van der Waals surface area contributed by atoms with Gasteiger partial charge in [-0.2, -0.15) is 0 Å². The van der Waals surface area contributed by atoms with Crippen molar-refractivity contribution in [3.8, 4) is 0 Å². The van der Waals surface area contributed by atoms with E-state index in [0.29, 0.717) is 26.2 Å². The Hall–Kier alpha value is -3.00. The van der Waals surface area contributed by atoms with Crippen LogP contribution in [0.1, 0.15) is 27.5 Å². The van der Waals surface area contributed by atoms with Crippen LogP contribution in [-0.4, -0.2) is 54.9 Å². The number of carbonyl (C=O) groups is 1. The maximum absolute atomic E-state index is 13.0. The van der Waals surface area contributed by atoms with Crippen molar-refractivity contribution in [2.24, 2.45) is 0 Å². The average molecular weight is 436 g/mol. The number of benzene rings is 3. The molecule has 0 bridgehead atoms. The van der Waals surface area contributed by atoms with Gasteiger partial charge >= 0.3 is 0 Å². The predicted octanol–water partition coefficient (Wildman–Crippen LogP) is 3.14. The minimum Gasteiger partial charge on any atom is -0.744 e. The second kappa shape index (κ2) is 9.01. The smallest absolute Gasteiger partial charge is 0.255 e. The number of rotatable bonds is 5. The number of nitrogens with zero attached hydrogens (tertiary/aromatic N) is 2. The summed E-state index contributed by atoms with van der Waals surface area (Å²) in [4.78, 5) is 16.5. The van der Waals surface area contributed by atoms with Crippen LogP contribution in [0.25, 0.3) is 0 Å². The van der Waals surface area contributed by atoms with E-state index in [1.54, 1.807) is 11.0 Å². The van der Waals surface area contributed by atoms with Gasteiger partial charge in [-0.05, 0) is 23.3 Å². The molecule has 0 N–H and O–H groups in total. The Kier molecular flexibility index (Phi) is 6.18. The Morgan fingerprint density at radius 1 is 0.742 bits per heavy atom. The summed E-state index contributed by atoms with van der Waals surface area (Å²) in [6.07, 6.45) is 0. The highest BCUT2D eigenvalue weighted by Gasteiger charge is 2.29. The standard InChI is InChI=1S/C24H24N2O4S/c27-24(21-13-7-8-14-22(21)31(28,29)30)26-17-15-25(16-18-26)23(19-9-3-1-4-10-19)20-11-5-2-6-12-20/h1-14,23H,15-18H2,(H,28,29,30)/p-1. The third-order valence-corrected chi connectivity index (χ3v) is 6.48. The topological polar surface area (TPSA) is 80.7 Å². The maximum Gasteiger partial charge on any atom is 0.255 e. The quantitative estimate of drug-likeness (QED) is 0.575. The van der Waals surface area contributed by atoms with Crippen molar-refractivity contribution in [1.29, 1.82) is 0 Å². The van der Waals surface area contributed by atoms with Crippen LogP contribution in [0, 0.1) is 0 Å². The first-order valence-corrected chi connectivity index (χ1v) is 11.5. The third-order valence-electron chi connectivity index (χ3n) is 5.58. The van der Waals surface area contributed by atoms with Crippen LogP contribution in [0.3, 0.4) is 0 Å². The van der Waals surface area contributed by atoms with Gasteiger partial charge in [0, 0.05) is 26.2 Å². The molecule has 1 heterocycles. The first-order valence-electron chi connectivity index (χ1n) is 10.1. The highest BCUT2D eigenvalue weighted by molar-refractivity contribution is 7.85. The predicted molar refractivity (Wildman–Crippen MR) is 117 cm³/mol. The lowest BCUT2D eigenvalue weighted by molar-refractivity contribution is 0.0593. The summed E-state index contributed by atoms with van der Waals surface area (Å²) in [7, 11) is -4.72. The van der Waals surface area contributed by atoms with E-state index in [0.717, 1.165) is 0 Å². The zero-order valence-corrected chi connectivity index (χ0v) is 17.7. The van der Waals surface area contributed by atoms with E-state index in [4.69, 9.17) is 0 Å². The Bertz CT molecular complexity index is 1100. The van der Waals surface area contributed by atoms with Gasteiger partial charge in [-0.3, -0.25) is 9.69 Å². The molecule has 0 atom stereocenters. The summed E-state index contributed by atoms with van der Waals surface area (Å²) >= 11 is 0. The molecule has 6 nitrogen and oxygen atoms in total. The van der Waals surface area contributed by atoms with Crippen molar-refractivity contribution < 1.29 is 17.8 Å². The monoisotopic (exact) mass is 435 g/mol. The highest BCUT2D eigenvalue weighted by atomic mass is 32.2. The largest absolute Gasteiger partial charge is 0.744 e. The molecule has 0 aromatic heterocycles. The molecule has 1 aliphatic rings.